The van der Waals surface area contributed by atoms with Crippen LogP contribution in [-0.2, 0) is 19.9 Å². The monoisotopic (exact) mass is 322 g/mol. The zero-order chi connectivity index (χ0) is 16.7. The molecule has 3 aromatic rings. The summed E-state index contributed by atoms with van der Waals surface area (Å²) >= 11 is 0. The van der Waals surface area contributed by atoms with Gasteiger partial charge in [-0.2, -0.15) is 5.10 Å². The molecular formula is C18H18N4O2. The van der Waals surface area contributed by atoms with Crippen LogP contribution in [0.2, 0.25) is 0 Å². The van der Waals surface area contributed by atoms with E-state index in [2.05, 4.69) is 15.4 Å². The third-order valence-electron chi connectivity index (χ3n) is 4.63. The van der Waals surface area contributed by atoms with Crippen LogP contribution >= 0.6 is 0 Å². The molecule has 2 N–H and O–H groups in total. The molecule has 6 nitrogen and oxygen atoms in total. The zero-order valence-corrected chi connectivity index (χ0v) is 13.4. The minimum absolute atomic E-state index is 0.0214. The van der Waals surface area contributed by atoms with Crippen molar-refractivity contribution in [2.45, 2.75) is 25.3 Å². The fraction of sp³-hybridized carbons (Fsp3) is 0.278. The lowest BCUT2D eigenvalue weighted by molar-refractivity contribution is 0.0935. The topological polar surface area (TPSA) is 79.8 Å². The van der Waals surface area contributed by atoms with Crippen molar-refractivity contribution in [3.05, 3.63) is 63.7 Å². The van der Waals surface area contributed by atoms with Gasteiger partial charge >= 0.3 is 0 Å². The molecule has 24 heavy (non-hydrogen) atoms. The Morgan fingerprint density at radius 3 is 3.12 bits per heavy atom. The fourth-order valence-electron chi connectivity index (χ4n) is 3.36. The van der Waals surface area contributed by atoms with Crippen molar-refractivity contribution < 1.29 is 4.79 Å². The van der Waals surface area contributed by atoms with Gasteiger partial charge < -0.3 is 10.3 Å². The van der Waals surface area contributed by atoms with Gasteiger partial charge in [-0.1, -0.05) is 6.07 Å². The standard InChI is InChI=1S/C18H18N4O2/c1-22-17(23)10-11-9-12(5-6-15(11)21-22)20-18(24)14-3-2-4-16-13(14)7-8-19-16/h2-4,7-8,10,12,19H,5-6,9H2,1H3,(H,20,24)/t12-/m1/s1. The maximum Gasteiger partial charge on any atom is 0.266 e. The van der Waals surface area contributed by atoms with Gasteiger partial charge in [-0.15, -0.1) is 0 Å². The number of aryl methyl sites for hydroxylation is 2. The molecule has 0 spiro atoms. The summed E-state index contributed by atoms with van der Waals surface area (Å²) in [6, 6.07) is 9.22. The number of hydrogen-bond acceptors (Lipinski definition) is 3. The van der Waals surface area contributed by atoms with E-state index in [-0.39, 0.29) is 17.5 Å². The third kappa shape index (κ3) is 2.50. The largest absolute Gasteiger partial charge is 0.361 e. The van der Waals surface area contributed by atoms with Crippen LogP contribution in [0.5, 0.6) is 0 Å². The molecule has 122 valence electrons. The number of hydrogen-bond donors (Lipinski definition) is 2. The van der Waals surface area contributed by atoms with E-state index in [1.165, 1.54) is 4.68 Å². The number of carbonyl (C=O) groups is 1. The summed E-state index contributed by atoms with van der Waals surface area (Å²) in [6.45, 7) is 0. The maximum absolute atomic E-state index is 12.7. The Labute approximate surface area is 138 Å². The second-order valence-corrected chi connectivity index (χ2v) is 6.24. The number of rotatable bonds is 2. The molecule has 1 aliphatic carbocycles. The van der Waals surface area contributed by atoms with Gasteiger partial charge in [0.25, 0.3) is 11.5 Å². The molecule has 0 radical (unpaired) electrons. The van der Waals surface area contributed by atoms with Gasteiger partial charge in [0.1, 0.15) is 0 Å². The van der Waals surface area contributed by atoms with Gasteiger partial charge in [0.05, 0.1) is 5.69 Å². The normalized spacial score (nSPS) is 16.8. The molecule has 4 rings (SSSR count). The molecule has 1 aromatic carbocycles. The van der Waals surface area contributed by atoms with Gasteiger partial charge in [-0.3, -0.25) is 9.59 Å². The number of H-pyrrole nitrogens is 1. The molecule has 1 atom stereocenters. The van der Waals surface area contributed by atoms with Gasteiger partial charge in [0.2, 0.25) is 0 Å². The SMILES string of the molecule is Cn1nc2c(cc1=O)C[C@H](NC(=O)c1cccc3[nH]ccc13)CC2. The summed E-state index contributed by atoms with van der Waals surface area (Å²) < 4.78 is 1.37. The molecule has 0 saturated carbocycles. The van der Waals surface area contributed by atoms with Gasteiger partial charge in [-0.25, -0.2) is 4.68 Å². The Hall–Kier alpha value is -2.89. The van der Waals surface area contributed by atoms with Crippen molar-refractivity contribution in [1.29, 1.82) is 0 Å². The highest BCUT2D eigenvalue weighted by atomic mass is 16.1. The predicted octanol–water partition coefficient (Wildman–Crippen LogP) is 1.55. The van der Waals surface area contributed by atoms with Crippen LogP contribution in [0.4, 0.5) is 0 Å². The lowest BCUT2D eigenvalue weighted by Gasteiger charge is -2.25. The third-order valence-corrected chi connectivity index (χ3v) is 4.63. The molecular weight excluding hydrogens is 304 g/mol. The van der Waals surface area contributed by atoms with E-state index >= 15 is 0 Å². The van der Waals surface area contributed by atoms with Crippen molar-refractivity contribution in [1.82, 2.24) is 20.1 Å². The van der Waals surface area contributed by atoms with Crippen molar-refractivity contribution in [3.8, 4) is 0 Å². The fourth-order valence-corrected chi connectivity index (χ4v) is 3.36. The Morgan fingerprint density at radius 1 is 1.38 bits per heavy atom. The number of nitrogens with zero attached hydrogens (tertiary/aromatic N) is 2. The van der Waals surface area contributed by atoms with Crippen molar-refractivity contribution in [2.75, 3.05) is 0 Å². The van der Waals surface area contributed by atoms with Crippen LogP contribution in [0.1, 0.15) is 28.0 Å². The summed E-state index contributed by atoms with van der Waals surface area (Å²) in [6.07, 6.45) is 4.07. The van der Waals surface area contributed by atoms with E-state index in [1.807, 2.05) is 30.5 Å². The number of fused-ring (bicyclic) bond motifs is 2. The van der Waals surface area contributed by atoms with Crippen LogP contribution in [0.25, 0.3) is 10.9 Å². The van der Waals surface area contributed by atoms with Crippen LogP contribution in [-0.4, -0.2) is 26.7 Å². The zero-order valence-electron chi connectivity index (χ0n) is 13.4. The number of aromatic nitrogens is 3. The highest BCUT2D eigenvalue weighted by molar-refractivity contribution is 6.06. The first-order valence-corrected chi connectivity index (χ1v) is 8.05. The molecule has 6 heteroatoms. The molecule has 0 bridgehead atoms. The van der Waals surface area contributed by atoms with Crippen molar-refractivity contribution >= 4 is 16.8 Å². The Bertz CT molecular complexity index is 986. The van der Waals surface area contributed by atoms with Crippen molar-refractivity contribution in [3.63, 3.8) is 0 Å². The van der Waals surface area contributed by atoms with E-state index < -0.39 is 0 Å². The second-order valence-electron chi connectivity index (χ2n) is 6.24. The molecule has 0 saturated heterocycles. The first-order chi connectivity index (χ1) is 11.6. The molecule has 2 aromatic heterocycles. The maximum atomic E-state index is 12.7. The number of benzene rings is 1. The van der Waals surface area contributed by atoms with Crippen LogP contribution in [0.15, 0.2) is 41.3 Å². The van der Waals surface area contributed by atoms with E-state index in [0.29, 0.717) is 12.0 Å². The Balaban J connectivity index is 1.56. The molecule has 1 amide bonds. The summed E-state index contributed by atoms with van der Waals surface area (Å²) in [5.74, 6) is -0.0783. The quantitative estimate of drug-likeness (QED) is 0.751. The first-order valence-electron chi connectivity index (χ1n) is 8.05. The predicted molar refractivity (Wildman–Crippen MR) is 91.1 cm³/mol. The molecule has 0 unspecified atom stereocenters. The van der Waals surface area contributed by atoms with Gasteiger partial charge in [-0.05, 0) is 43.0 Å². The average Bonchev–Trinajstić information content (AvgIpc) is 3.04. The Morgan fingerprint density at radius 2 is 2.25 bits per heavy atom. The van der Waals surface area contributed by atoms with E-state index in [9.17, 15) is 9.59 Å². The van der Waals surface area contributed by atoms with E-state index in [4.69, 9.17) is 0 Å². The smallest absolute Gasteiger partial charge is 0.266 e. The van der Waals surface area contributed by atoms with E-state index in [0.717, 1.165) is 35.0 Å². The average molecular weight is 322 g/mol. The molecule has 0 aliphatic heterocycles. The van der Waals surface area contributed by atoms with Gasteiger partial charge in [0.15, 0.2) is 0 Å². The lowest BCUT2D eigenvalue weighted by atomic mass is 9.92. The van der Waals surface area contributed by atoms with Crippen LogP contribution < -0.4 is 10.9 Å². The molecule has 2 heterocycles. The van der Waals surface area contributed by atoms with Crippen molar-refractivity contribution in [2.24, 2.45) is 7.05 Å². The summed E-state index contributed by atoms with van der Waals surface area (Å²) in [5.41, 5.74) is 3.40. The van der Waals surface area contributed by atoms with Crippen LogP contribution in [0, 0.1) is 0 Å². The lowest BCUT2D eigenvalue weighted by Crippen LogP contribution is -2.40. The number of aromatic amines is 1. The Kier molecular flexibility index (Phi) is 3.45. The summed E-state index contributed by atoms with van der Waals surface area (Å²) in [7, 11) is 1.66. The van der Waals surface area contributed by atoms with Gasteiger partial charge in [0, 0.05) is 41.8 Å². The minimum atomic E-state index is -0.113. The highest BCUT2D eigenvalue weighted by Crippen LogP contribution is 2.20. The molecule has 0 fully saturated rings. The number of nitrogens with one attached hydrogen (secondary N) is 2. The van der Waals surface area contributed by atoms with Crippen LogP contribution in [0.3, 0.4) is 0 Å². The first kappa shape index (κ1) is 14.7. The summed E-state index contributed by atoms with van der Waals surface area (Å²) in [5, 5.41) is 8.33. The highest BCUT2D eigenvalue weighted by Gasteiger charge is 2.23. The second kappa shape index (κ2) is 5.63. The molecule has 1 aliphatic rings. The minimum Gasteiger partial charge on any atom is -0.361 e. The van der Waals surface area contributed by atoms with E-state index in [1.54, 1.807) is 13.1 Å². The number of carbonyl (C=O) groups excluding carboxylic acids is 1. The summed E-state index contributed by atoms with van der Waals surface area (Å²) in [4.78, 5) is 27.5. The number of amides is 1.